The molecule has 5 fully saturated rings. The van der Waals surface area contributed by atoms with E-state index in [1.807, 2.05) is 54.6 Å². The summed E-state index contributed by atoms with van der Waals surface area (Å²) in [6.07, 6.45) is 14.8. The van der Waals surface area contributed by atoms with Crippen LogP contribution in [0.15, 0.2) is 237 Å². The van der Waals surface area contributed by atoms with Crippen molar-refractivity contribution >= 4 is 39.1 Å². The minimum absolute atomic E-state index is 0.148. The summed E-state index contributed by atoms with van der Waals surface area (Å²) in [5.74, 6) is 2.01. The standard InChI is InChI=1S/C31H35NO2.C30H34N2O2.C29H33NO2/c33-20-6-13-30(24-7-2-1-3-8-24)31(27-11-5-12-29(34)22-27)26-10-4-9-25(21-26)23-16-18-32(19-17-23)28-14-15-28;33-21-5-10-29(23-6-2-1-3-7-23)30(25-8-4-9-28(34)22-25)24-11-13-26(14-12-24)31-17-19-32(20-18-31)27-15-16-27;1-30-18-16-23(17-19-30)22-12-14-25(15-13-22)29(26-9-5-10-27(32)21-26)28(11-6-20-31)24-7-3-2-4-8-24/h1-5,7-12,21-23,28,33-34H,6,13-20H2;1-4,6-9,11-14,22,27,33-34H,5,10,15-21H2;2-5,7-10,12-15,21,23,31-32H,6,11,16-20H2,1H3/b31-30+;30-29+;29-28+. The van der Waals surface area contributed by atoms with E-state index in [4.69, 9.17) is 0 Å². The Labute approximate surface area is 594 Å². The predicted molar refractivity (Wildman–Crippen MR) is 413 cm³/mol. The fourth-order valence-corrected chi connectivity index (χ4v) is 15.3. The minimum Gasteiger partial charge on any atom is -0.508 e. The molecule has 0 bridgehead atoms. The Hall–Kier alpha value is -8.84. The van der Waals surface area contributed by atoms with E-state index in [-0.39, 0.29) is 37.1 Å². The van der Waals surface area contributed by atoms with Gasteiger partial charge in [0.2, 0.25) is 0 Å². The van der Waals surface area contributed by atoms with Crippen LogP contribution >= 0.6 is 0 Å². The van der Waals surface area contributed by atoms with Gasteiger partial charge in [-0.05, 0) is 278 Å². The lowest BCUT2D eigenvalue weighted by molar-refractivity contribution is 0.203. The highest BCUT2D eigenvalue weighted by molar-refractivity contribution is 6.01. The van der Waals surface area contributed by atoms with Gasteiger partial charge in [0, 0.05) is 63.8 Å². The van der Waals surface area contributed by atoms with Crippen LogP contribution in [0.3, 0.4) is 0 Å². The molecule has 0 unspecified atom stereocenters. The van der Waals surface area contributed by atoms with Gasteiger partial charge in [-0.3, -0.25) is 4.90 Å². The lowest BCUT2D eigenvalue weighted by Crippen LogP contribution is -2.47. The number of phenols is 3. The van der Waals surface area contributed by atoms with Crippen LogP contribution in [0, 0.1) is 0 Å². The number of hydrogen-bond acceptors (Lipinski definition) is 10. The number of aliphatic hydroxyl groups is 3. The molecule has 5 aliphatic rings. The van der Waals surface area contributed by atoms with Crippen molar-refractivity contribution in [3.63, 3.8) is 0 Å². The number of nitrogens with zero attached hydrogens (tertiary/aromatic N) is 4. The number of likely N-dealkylation sites (tertiary alicyclic amines) is 2. The van der Waals surface area contributed by atoms with Crippen LogP contribution in [0.4, 0.5) is 5.69 Å². The summed E-state index contributed by atoms with van der Waals surface area (Å²) in [4.78, 5) is 10.2. The molecule has 10 nitrogen and oxygen atoms in total. The highest BCUT2D eigenvalue weighted by atomic mass is 16.3. The third-order valence-electron chi connectivity index (χ3n) is 21.0. The molecule has 10 heteroatoms. The molecule has 9 aromatic carbocycles. The van der Waals surface area contributed by atoms with Crippen LogP contribution in [-0.4, -0.2) is 137 Å². The van der Waals surface area contributed by atoms with Gasteiger partial charge in [0.05, 0.1) is 0 Å². The van der Waals surface area contributed by atoms with Crippen LogP contribution < -0.4 is 4.90 Å². The monoisotopic (exact) mass is 1330 g/mol. The first-order valence-electron chi connectivity index (χ1n) is 36.9. The van der Waals surface area contributed by atoms with Crippen molar-refractivity contribution in [2.24, 2.45) is 0 Å². The molecular weight excluding hydrogens is 1230 g/mol. The van der Waals surface area contributed by atoms with Crippen molar-refractivity contribution in [1.29, 1.82) is 0 Å². The van der Waals surface area contributed by atoms with Crippen molar-refractivity contribution in [1.82, 2.24) is 14.7 Å². The molecule has 2 aliphatic carbocycles. The quantitative estimate of drug-likeness (QED) is 0.0344. The van der Waals surface area contributed by atoms with Crippen molar-refractivity contribution < 1.29 is 30.6 Å². The zero-order valence-electron chi connectivity index (χ0n) is 58.5. The Balaban J connectivity index is 0.000000142. The Morgan fingerprint density at radius 1 is 0.310 bits per heavy atom. The maximum absolute atomic E-state index is 10.3. The molecule has 100 heavy (non-hydrogen) atoms. The van der Waals surface area contributed by atoms with Crippen LogP contribution in [0.2, 0.25) is 0 Å². The van der Waals surface area contributed by atoms with E-state index in [2.05, 4.69) is 190 Å². The molecule has 0 spiro atoms. The fourth-order valence-electron chi connectivity index (χ4n) is 15.3. The number of anilines is 1. The van der Waals surface area contributed by atoms with E-state index in [9.17, 15) is 30.6 Å². The SMILES string of the molecule is CN1CCC(c2ccc(/C(=C(/CCCO)c3ccccc3)c3cccc(O)c3)cc2)CC1.OCCC/C(=C(/c1ccc(N2CCN(C3CC3)CC2)cc1)c1cccc(O)c1)c1ccccc1.OCCC/C(=C(\c1cccc(O)c1)c1cccc(C2CCN(C3CC3)CC2)c1)c1ccccc1. The first-order valence-corrected chi connectivity index (χ1v) is 36.9. The molecule has 3 heterocycles. The maximum Gasteiger partial charge on any atom is 0.116 e. The molecule has 518 valence electrons. The normalized spacial score (nSPS) is 17.2. The van der Waals surface area contributed by atoms with Gasteiger partial charge >= 0.3 is 0 Å². The minimum atomic E-state index is 0.148. The number of allylic oxidation sites excluding steroid dienone is 3. The Morgan fingerprint density at radius 2 is 0.650 bits per heavy atom. The van der Waals surface area contributed by atoms with Crippen molar-refractivity contribution in [2.75, 3.05) is 84.1 Å². The van der Waals surface area contributed by atoms with Gasteiger partial charge in [0.1, 0.15) is 17.2 Å². The van der Waals surface area contributed by atoms with Gasteiger partial charge in [-0.25, -0.2) is 0 Å². The maximum atomic E-state index is 10.3. The molecule has 0 atom stereocenters. The van der Waals surface area contributed by atoms with Crippen molar-refractivity contribution in [2.45, 2.75) is 114 Å². The number of aliphatic hydroxyl groups excluding tert-OH is 3. The van der Waals surface area contributed by atoms with Crippen LogP contribution in [-0.2, 0) is 0 Å². The third kappa shape index (κ3) is 19.0. The zero-order valence-corrected chi connectivity index (χ0v) is 58.5. The van der Waals surface area contributed by atoms with Crippen LogP contribution in [0.5, 0.6) is 17.2 Å². The smallest absolute Gasteiger partial charge is 0.116 e. The Morgan fingerprint density at radius 3 is 1.04 bits per heavy atom. The van der Waals surface area contributed by atoms with Gasteiger partial charge < -0.3 is 45.3 Å². The molecular formula is C90H102N4O6. The topological polar surface area (TPSA) is 134 Å². The van der Waals surface area contributed by atoms with Crippen molar-refractivity contribution in [3.05, 3.63) is 298 Å². The van der Waals surface area contributed by atoms with E-state index in [1.54, 1.807) is 18.2 Å². The van der Waals surface area contributed by atoms with Gasteiger partial charge in [0.25, 0.3) is 0 Å². The van der Waals surface area contributed by atoms with Crippen LogP contribution in [0.25, 0.3) is 33.4 Å². The first-order chi connectivity index (χ1) is 49.1. The summed E-state index contributed by atoms with van der Waals surface area (Å²) in [5, 5.41) is 59.6. The summed E-state index contributed by atoms with van der Waals surface area (Å²) in [5.41, 5.74) is 21.0. The van der Waals surface area contributed by atoms with E-state index < -0.39 is 0 Å². The third-order valence-corrected chi connectivity index (χ3v) is 21.0. The second kappa shape index (κ2) is 35.5. The number of piperidine rings is 2. The molecule has 0 radical (unpaired) electrons. The van der Waals surface area contributed by atoms with E-state index in [1.165, 1.54) is 104 Å². The highest BCUT2D eigenvalue weighted by Gasteiger charge is 2.33. The molecule has 3 aliphatic heterocycles. The average Bonchev–Trinajstić information content (AvgIpc) is 1.26. The average molecular weight is 1340 g/mol. The fraction of sp³-hybridized carbons (Fsp3) is 0.333. The number of phenolic OH excluding ortho intramolecular Hbond substituents is 3. The molecule has 0 aromatic heterocycles. The summed E-state index contributed by atoms with van der Waals surface area (Å²) in [6.45, 7) is 9.65. The number of rotatable bonds is 23. The highest BCUT2D eigenvalue weighted by Crippen LogP contribution is 2.43. The molecule has 14 rings (SSSR count). The van der Waals surface area contributed by atoms with Gasteiger partial charge in [-0.15, -0.1) is 0 Å². The second-order valence-electron chi connectivity index (χ2n) is 28.0. The molecule has 0 amide bonds. The summed E-state index contributed by atoms with van der Waals surface area (Å²) in [7, 11) is 2.20. The molecule has 9 aromatic rings. The van der Waals surface area contributed by atoms with E-state index >= 15 is 0 Å². The first kappa shape index (κ1) is 71.0. The molecule has 6 N–H and O–H groups in total. The summed E-state index contributed by atoms with van der Waals surface area (Å²) in [6, 6.07) is 82.5. The largest absolute Gasteiger partial charge is 0.508 e. The zero-order chi connectivity index (χ0) is 69.0. The number of aromatic hydroxyl groups is 3. The summed E-state index contributed by atoms with van der Waals surface area (Å²) >= 11 is 0. The lowest BCUT2D eigenvalue weighted by Gasteiger charge is -2.36. The summed E-state index contributed by atoms with van der Waals surface area (Å²) < 4.78 is 0. The Kier molecular flexibility index (Phi) is 25.2. The van der Waals surface area contributed by atoms with E-state index in [0.717, 1.165) is 132 Å². The van der Waals surface area contributed by atoms with Crippen LogP contribution in [0.1, 0.15) is 163 Å². The van der Waals surface area contributed by atoms with Gasteiger partial charge in [0.15, 0.2) is 0 Å². The number of benzene rings is 9. The second-order valence-corrected chi connectivity index (χ2v) is 28.0. The number of hydrogen-bond donors (Lipinski definition) is 6. The van der Waals surface area contributed by atoms with E-state index in [0.29, 0.717) is 31.1 Å². The molecule has 2 saturated carbocycles. The Bertz CT molecular complexity index is 4120. The molecule has 3 saturated heterocycles. The lowest BCUT2D eigenvalue weighted by atomic mass is 9.84. The predicted octanol–water partition coefficient (Wildman–Crippen LogP) is 17.8. The van der Waals surface area contributed by atoms with Gasteiger partial charge in [-0.2, -0.15) is 0 Å². The van der Waals surface area contributed by atoms with Crippen molar-refractivity contribution in [3.8, 4) is 17.2 Å². The number of piperazine rings is 1. The van der Waals surface area contributed by atoms with Gasteiger partial charge in [-0.1, -0.05) is 188 Å².